The van der Waals surface area contributed by atoms with Crippen LogP contribution in [0.5, 0.6) is 0 Å². The SMILES string of the molecule is O=C(O)N([SiH](Cl)Cl)C1(c2ccccc2)CCCCC1. The fourth-order valence-corrected chi connectivity index (χ4v) is 5.58. The smallest absolute Gasteiger partial charge is 0.401 e. The zero-order chi connectivity index (χ0) is 13.9. The normalized spacial score (nSPS) is 18.3. The van der Waals surface area contributed by atoms with Crippen LogP contribution in [0.2, 0.25) is 0 Å². The minimum absolute atomic E-state index is 0.536. The van der Waals surface area contributed by atoms with Crippen molar-refractivity contribution in [2.45, 2.75) is 37.6 Å². The van der Waals surface area contributed by atoms with Crippen molar-refractivity contribution < 1.29 is 9.90 Å². The quantitative estimate of drug-likeness (QED) is 0.675. The second-order valence-electron chi connectivity index (χ2n) is 4.89. The fraction of sp³-hybridized carbons (Fsp3) is 0.462. The molecule has 19 heavy (non-hydrogen) atoms. The maximum absolute atomic E-state index is 11.6. The molecule has 0 aromatic heterocycles. The van der Waals surface area contributed by atoms with Crippen molar-refractivity contribution in [1.29, 1.82) is 0 Å². The third-order valence-electron chi connectivity index (χ3n) is 3.85. The zero-order valence-corrected chi connectivity index (χ0v) is 13.2. The standard InChI is InChI=1S/C13H17Cl2NO2Si/c14-19(15)16(12(17)18)13(9-5-2-6-10-13)11-7-3-1-4-8-11/h1,3-4,7-8,19H,2,5-6,9-10H2,(H,17,18). The molecule has 1 N–H and O–H groups in total. The van der Waals surface area contributed by atoms with Gasteiger partial charge < -0.3 is 9.67 Å². The molecule has 2 rings (SSSR count). The van der Waals surface area contributed by atoms with Gasteiger partial charge in [0.2, 0.25) is 0 Å². The Morgan fingerprint density at radius 1 is 1.16 bits per heavy atom. The van der Waals surface area contributed by atoms with Gasteiger partial charge >= 0.3 is 13.7 Å². The summed E-state index contributed by atoms with van der Waals surface area (Å²) in [4.78, 5) is 11.6. The number of halogens is 2. The Hall–Kier alpha value is -0.713. The Morgan fingerprint density at radius 2 is 1.74 bits per heavy atom. The van der Waals surface area contributed by atoms with Crippen LogP contribution in [0.15, 0.2) is 30.3 Å². The van der Waals surface area contributed by atoms with Crippen molar-refractivity contribution in [2.75, 3.05) is 0 Å². The van der Waals surface area contributed by atoms with Gasteiger partial charge in [0, 0.05) is 0 Å². The number of carbonyl (C=O) groups is 1. The number of hydrogen-bond acceptors (Lipinski definition) is 1. The molecule has 0 spiro atoms. The highest BCUT2D eigenvalue weighted by atomic mass is 35.7. The lowest BCUT2D eigenvalue weighted by Gasteiger charge is -2.46. The summed E-state index contributed by atoms with van der Waals surface area (Å²) in [5.41, 5.74) is 0.474. The van der Waals surface area contributed by atoms with Crippen LogP contribution in [0.25, 0.3) is 0 Å². The molecule has 1 fully saturated rings. The molecule has 1 saturated carbocycles. The Morgan fingerprint density at radius 3 is 2.21 bits per heavy atom. The van der Waals surface area contributed by atoms with Crippen LogP contribution in [0.4, 0.5) is 4.79 Å². The summed E-state index contributed by atoms with van der Waals surface area (Å²) in [6, 6.07) is 9.76. The van der Waals surface area contributed by atoms with E-state index in [-0.39, 0.29) is 0 Å². The molecule has 0 unspecified atom stereocenters. The van der Waals surface area contributed by atoms with Crippen molar-refractivity contribution in [3.63, 3.8) is 0 Å². The first-order valence-corrected chi connectivity index (χ1v) is 10.4. The summed E-state index contributed by atoms with van der Waals surface area (Å²) in [5, 5.41) is 9.51. The van der Waals surface area contributed by atoms with Crippen LogP contribution in [-0.2, 0) is 5.54 Å². The number of nitrogens with zero attached hydrogens (tertiary/aromatic N) is 1. The molecule has 0 saturated heterocycles. The highest BCUT2D eigenvalue weighted by Crippen LogP contribution is 2.43. The molecule has 0 bridgehead atoms. The van der Waals surface area contributed by atoms with E-state index in [1.807, 2.05) is 30.3 Å². The van der Waals surface area contributed by atoms with Crippen molar-refractivity contribution >= 4 is 35.8 Å². The summed E-state index contributed by atoms with van der Waals surface area (Å²) in [7, 11) is -2.48. The van der Waals surface area contributed by atoms with Crippen molar-refractivity contribution in [3.8, 4) is 0 Å². The predicted molar refractivity (Wildman–Crippen MR) is 79.9 cm³/mol. The van der Waals surface area contributed by atoms with Crippen LogP contribution >= 0.6 is 22.2 Å². The molecule has 0 aliphatic heterocycles. The van der Waals surface area contributed by atoms with Crippen LogP contribution in [0.1, 0.15) is 37.7 Å². The third kappa shape index (κ3) is 2.91. The summed E-state index contributed by atoms with van der Waals surface area (Å²) < 4.78 is 1.34. The van der Waals surface area contributed by atoms with Gasteiger partial charge in [0.15, 0.2) is 0 Å². The maximum Gasteiger partial charge on any atom is 0.401 e. The van der Waals surface area contributed by atoms with Gasteiger partial charge in [-0.3, -0.25) is 0 Å². The van der Waals surface area contributed by atoms with Crippen molar-refractivity contribution in [3.05, 3.63) is 35.9 Å². The molecule has 1 aromatic rings. The van der Waals surface area contributed by atoms with Gasteiger partial charge in [-0.2, -0.15) is 0 Å². The Balaban J connectivity index is 2.47. The molecule has 0 radical (unpaired) electrons. The molecular weight excluding hydrogens is 301 g/mol. The van der Waals surface area contributed by atoms with E-state index < -0.39 is 19.2 Å². The fourth-order valence-electron chi connectivity index (χ4n) is 3.01. The lowest BCUT2D eigenvalue weighted by molar-refractivity contribution is 0.102. The van der Waals surface area contributed by atoms with Gasteiger partial charge in [-0.1, -0.05) is 49.6 Å². The van der Waals surface area contributed by atoms with Crippen LogP contribution in [-0.4, -0.2) is 23.3 Å². The Kier molecular flexibility index (Phi) is 4.76. The third-order valence-corrected chi connectivity index (χ3v) is 6.13. The minimum atomic E-state index is -2.48. The van der Waals surface area contributed by atoms with E-state index in [0.717, 1.165) is 37.7 Å². The largest absolute Gasteiger partial charge is 0.465 e. The highest BCUT2D eigenvalue weighted by Gasteiger charge is 2.45. The first-order chi connectivity index (χ1) is 9.08. The Labute approximate surface area is 124 Å². The monoisotopic (exact) mass is 317 g/mol. The summed E-state index contributed by atoms with van der Waals surface area (Å²) >= 11 is 12.1. The van der Waals surface area contributed by atoms with E-state index in [0.29, 0.717) is 0 Å². The first-order valence-electron chi connectivity index (χ1n) is 6.44. The molecule has 3 nitrogen and oxygen atoms in total. The van der Waals surface area contributed by atoms with Gasteiger partial charge in [0.05, 0.1) is 5.54 Å². The molecule has 1 aromatic carbocycles. The second-order valence-corrected chi connectivity index (χ2v) is 9.11. The number of carboxylic acid groups (broad SMARTS) is 1. The minimum Gasteiger partial charge on any atom is -0.465 e. The lowest BCUT2D eigenvalue weighted by Crippen LogP contribution is -2.53. The maximum atomic E-state index is 11.6. The topological polar surface area (TPSA) is 40.5 Å². The van der Waals surface area contributed by atoms with Crippen molar-refractivity contribution in [1.82, 2.24) is 4.57 Å². The van der Waals surface area contributed by atoms with Gasteiger partial charge in [-0.15, -0.1) is 22.2 Å². The average Bonchev–Trinajstić information content (AvgIpc) is 2.40. The summed E-state index contributed by atoms with van der Waals surface area (Å²) in [6.45, 7) is 0. The molecule has 6 heteroatoms. The molecule has 1 amide bonds. The second kappa shape index (κ2) is 6.16. The molecule has 0 heterocycles. The summed E-state index contributed by atoms with van der Waals surface area (Å²) in [6.07, 6.45) is 3.74. The van der Waals surface area contributed by atoms with Crippen LogP contribution in [0, 0.1) is 0 Å². The molecule has 1 aliphatic rings. The first kappa shape index (κ1) is 14.7. The average molecular weight is 318 g/mol. The van der Waals surface area contributed by atoms with Gasteiger partial charge in [0.25, 0.3) is 0 Å². The van der Waals surface area contributed by atoms with Crippen LogP contribution in [0.3, 0.4) is 0 Å². The lowest BCUT2D eigenvalue weighted by atomic mass is 9.76. The molecular formula is C13H17Cl2NO2Si. The number of benzene rings is 1. The summed E-state index contributed by atoms with van der Waals surface area (Å²) in [5.74, 6) is 0. The van der Waals surface area contributed by atoms with E-state index in [1.54, 1.807) is 0 Å². The van der Waals surface area contributed by atoms with E-state index in [9.17, 15) is 9.90 Å². The molecule has 104 valence electrons. The van der Waals surface area contributed by atoms with E-state index in [4.69, 9.17) is 22.2 Å². The molecule has 0 atom stereocenters. The number of hydrogen-bond donors (Lipinski definition) is 1. The van der Waals surface area contributed by atoms with Gasteiger partial charge in [0.1, 0.15) is 0 Å². The van der Waals surface area contributed by atoms with Gasteiger partial charge in [-0.25, -0.2) is 4.79 Å². The van der Waals surface area contributed by atoms with Crippen molar-refractivity contribution in [2.24, 2.45) is 0 Å². The van der Waals surface area contributed by atoms with Crippen LogP contribution < -0.4 is 0 Å². The Bertz CT molecular complexity index is 436. The van der Waals surface area contributed by atoms with E-state index in [1.165, 1.54) is 4.57 Å². The number of amides is 1. The number of rotatable bonds is 3. The van der Waals surface area contributed by atoms with Gasteiger partial charge in [-0.05, 0) is 18.4 Å². The highest BCUT2D eigenvalue weighted by molar-refractivity contribution is 7.33. The van der Waals surface area contributed by atoms with E-state index in [2.05, 4.69) is 0 Å². The van der Waals surface area contributed by atoms with E-state index >= 15 is 0 Å². The predicted octanol–water partition coefficient (Wildman–Crippen LogP) is 4.02. The zero-order valence-electron chi connectivity index (χ0n) is 10.6. The molecule has 1 aliphatic carbocycles.